The molecule has 0 saturated carbocycles. The molecule has 0 aliphatic rings. The Labute approximate surface area is 130 Å². The van der Waals surface area contributed by atoms with E-state index in [0.29, 0.717) is 22.1 Å². The number of hydrogen-bond acceptors (Lipinski definition) is 5. The van der Waals surface area contributed by atoms with Gasteiger partial charge in [0, 0.05) is 5.75 Å². The Kier molecular flexibility index (Phi) is 4.11. The Balaban J connectivity index is 1.82. The Bertz CT molecular complexity index is 798. The lowest BCUT2D eigenvalue weighted by Crippen LogP contribution is -2.05. The highest BCUT2D eigenvalue weighted by Crippen LogP contribution is 2.27. The molecular weight excluding hydrogens is 305 g/mol. The van der Waals surface area contributed by atoms with Gasteiger partial charge in [-0.15, -0.1) is 0 Å². The van der Waals surface area contributed by atoms with Crippen molar-refractivity contribution >= 4 is 28.8 Å². The maximum Gasteiger partial charge on any atom is 0.338 e. The molecule has 0 aliphatic heterocycles. The fourth-order valence-electron chi connectivity index (χ4n) is 2.03. The van der Waals surface area contributed by atoms with E-state index in [1.807, 2.05) is 24.3 Å². The zero-order chi connectivity index (χ0) is 15.5. The standard InChI is InChI=1S/C16H12FNO3S/c1-20-15(19)12-8-11(17)7-6-10(12)9-22-16-18-13-4-2-3-5-14(13)21-16/h2-8H,9H2,1H3. The minimum atomic E-state index is -0.562. The van der Waals surface area contributed by atoms with Gasteiger partial charge in [-0.3, -0.25) is 0 Å². The molecule has 1 heterocycles. The highest BCUT2D eigenvalue weighted by molar-refractivity contribution is 7.98. The molecule has 2 aromatic carbocycles. The van der Waals surface area contributed by atoms with Crippen molar-refractivity contribution in [3.63, 3.8) is 0 Å². The monoisotopic (exact) mass is 317 g/mol. The first-order valence-electron chi connectivity index (χ1n) is 6.52. The second-order valence-electron chi connectivity index (χ2n) is 4.53. The van der Waals surface area contributed by atoms with Crippen LogP contribution in [0.3, 0.4) is 0 Å². The van der Waals surface area contributed by atoms with Gasteiger partial charge in [0.05, 0.1) is 12.7 Å². The van der Waals surface area contributed by atoms with E-state index in [9.17, 15) is 9.18 Å². The number of rotatable bonds is 4. The number of thioether (sulfide) groups is 1. The topological polar surface area (TPSA) is 52.3 Å². The van der Waals surface area contributed by atoms with Crippen LogP contribution in [0.15, 0.2) is 52.1 Å². The number of para-hydroxylation sites is 2. The number of benzene rings is 2. The number of carbonyl (C=O) groups excluding carboxylic acids is 1. The van der Waals surface area contributed by atoms with Crippen LogP contribution in [0, 0.1) is 5.82 Å². The molecule has 0 spiro atoms. The number of methoxy groups -OCH3 is 1. The number of nitrogens with zero attached hydrogens (tertiary/aromatic N) is 1. The van der Waals surface area contributed by atoms with Gasteiger partial charge in [0.1, 0.15) is 11.3 Å². The first kappa shape index (κ1) is 14.6. The first-order chi connectivity index (χ1) is 10.7. The van der Waals surface area contributed by atoms with E-state index in [1.165, 1.54) is 31.0 Å². The van der Waals surface area contributed by atoms with E-state index in [4.69, 9.17) is 4.42 Å². The van der Waals surface area contributed by atoms with Gasteiger partial charge in [-0.05, 0) is 29.8 Å². The molecule has 112 valence electrons. The van der Waals surface area contributed by atoms with Crippen molar-refractivity contribution in [1.82, 2.24) is 4.98 Å². The fraction of sp³-hybridized carbons (Fsp3) is 0.125. The van der Waals surface area contributed by atoms with E-state index in [-0.39, 0.29) is 5.56 Å². The summed E-state index contributed by atoms with van der Waals surface area (Å²) in [6.07, 6.45) is 0. The van der Waals surface area contributed by atoms with Gasteiger partial charge in [0.25, 0.3) is 5.22 Å². The summed E-state index contributed by atoms with van der Waals surface area (Å²) in [4.78, 5) is 16.0. The second-order valence-corrected chi connectivity index (χ2v) is 5.46. The molecule has 0 N–H and O–H groups in total. The molecular formula is C16H12FNO3S. The quantitative estimate of drug-likeness (QED) is 0.537. The molecule has 4 nitrogen and oxygen atoms in total. The minimum Gasteiger partial charge on any atom is -0.465 e. The largest absolute Gasteiger partial charge is 0.465 e. The van der Waals surface area contributed by atoms with Gasteiger partial charge in [-0.2, -0.15) is 0 Å². The predicted molar refractivity (Wildman–Crippen MR) is 81.3 cm³/mol. The van der Waals surface area contributed by atoms with Crippen LogP contribution in [-0.2, 0) is 10.5 Å². The van der Waals surface area contributed by atoms with Crippen molar-refractivity contribution < 1.29 is 18.3 Å². The van der Waals surface area contributed by atoms with E-state index >= 15 is 0 Å². The summed E-state index contributed by atoms with van der Waals surface area (Å²) in [5.41, 5.74) is 2.36. The van der Waals surface area contributed by atoms with Crippen molar-refractivity contribution in [3.8, 4) is 0 Å². The lowest BCUT2D eigenvalue weighted by Gasteiger charge is -2.06. The smallest absolute Gasteiger partial charge is 0.338 e. The first-order valence-corrected chi connectivity index (χ1v) is 7.51. The zero-order valence-electron chi connectivity index (χ0n) is 11.7. The lowest BCUT2D eigenvalue weighted by molar-refractivity contribution is 0.0599. The Hall–Kier alpha value is -2.34. The third-order valence-corrected chi connectivity index (χ3v) is 3.98. The maximum atomic E-state index is 13.3. The molecule has 3 rings (SSSR count). The van der Waals surface area contributed by atoms with Crippen LogP contribution >= 0.6 is 11.8 Å². The molecule has 0 unspecified atom stereocenters. The number of carbonyl (C=O) groups is 1. The van der Waals surface area contributed by atoms with Gasteiger partial charge < -0.3 is 9.15 Å². The molecule has 22 heavy (non-hydrogen) atoms. The Morgan fingerprint density at radius 1 is 1.32 bits per heavy atom. The van der Waals surface area contributed by atoms with Crippen molar-refractivity contribution in [2.75, 3.05) is 7.11 Å². The molecule has 0 bridgehead atoms. The van der Waals surface area contributed by atoms with E-state index < -0.39 is 11.8 Å². The summed E-state index contributed by atoms with van der Waals surface area (Å²) >= 11 is 1.34. The van der Waals surface area contributed by atoms with Crippen LogP contribution in [0.4, 0.5) is 4.39 Å². The minimum absolute atomic E-state index is 0.214. The van der Waals surface area contributed by atoms with E-state index in [2.05, 4.69) is 9.72 Å². The summed E-state index contributed by atoms with van der Waals surface area (Å²) in [6, 6.07) is 11.5. The number of halogens is 1. The molecule has 0 saturated heterocycles. The number of aromatic nitrogens is 1. The van der Waals surface area contributed by atoms with E-state index in [0.717, 1.165) is 5.52 Å². The Morgan fingerprint density at radius 2 is 2.14 bits per heavy atom. The van der Waals surface area contributed by atoms with Crippen LogP contribution < -0.4 is 0 Å². The van der Waals surface area contributed by atoms with Crippen LogP contribution in [0.1, 0.15) is 15.9 Å². The summed E-state index contributed by atoms with van der Waals surface area (Å²) in [6.45, 7) is 0. The van der Waals surface area contributed by atoms with Crippen LogP contribution in [0.5, 0.6) is 0 Å². The summed E-state index contributed by atoms with van der Waals surface area (Å²) in [7, 11) is 1.27. The maximum absolute atomic E-state index is 13.3. The number of fused-ring (bicyclic) bond motifs is 1. The lowest BCUT2D eigenvalue weighted by atomic mass is 10.1. The molecule has 0 fully saturated rings. The molecule has 0 radical (unpaired) electrons. The van der Waals surface area contributed by atoms with Gasteiger partial charge in [-0.1, -0.05) is 30.0 Å². The Morgan fingerprint density at radius 3 is 2.91 bits per heavy atom. The molecule has 0 aliphatic carbocycles. The van der Waals surface area contributed by atoms with Gasteiger partial charge in [-0.25, -0.2) is 14.2 Å². The van der Waals surface area contributed by atoms with Crippen molar-refractivity contribution in [1.29, 1.82) is 0 Å². The van der Waals surface area contributed by atoms with Crippen LogP contribution in [0.2, 0.25) is 0 Å². The second kappa shape index (κ2) is 6.19. The van der Waals surface area contributed by atoms with Crippen molar-refractivity contribution in [3.05, 3.63) is 59.4 Å². The normalized spacial score (nSPS) is 10.8. The van der Waals surface area contributed by atoms with Crippen molar-refractivity contribution in [2.24, 2.45) is 0 Å². The summed E-state index contributed by atoms with van der Waals surface area (Å²) in [5.74, 6) is -0.610. The number of ether oxygens (including phenoxy) is 1. The SMILES string of the molecule is COC(=O)c1cc(F)ccc1CSc1nc2ccccc2o1. The summed E-state index contributed by atoms with van der Waals surface area (Å²) in [5, 5.41) is 0.501. The van der Waals surface area contributed by atoms with Crippen molar-refractivity contribution in [2.45, 2.75) is 11.0 Å². The van der Waals surface area contributed by atoms with E-state index in [1.54, 1.807) is 6.07 Å². The zero-order valence-corrected chi connectivity index (χ0v) is 12.5. The average molecular weight is 317 g/mol. The molecule has 1 aromatic heterocycles. The van der Waals surface area contributed by atoms with Crippen LogP contribution in [-0.4, -0.2) is 18.1 Å². The van der Waals surface area contributed by atoms with Gasteiger partial charge >= 0.3 is 5.97 Å². The number of hydrogen-bond donors (Lipinski definition) is 0. The molecule has 6 heteroatoms. The number of esters is 1. The fourth-order valence-corrected chi connectivity index (χ4v) is 2.87. The highest BCUT2D eigenvalue weighted by atomic mass is 32.2. The third-order valence-electron chi connectivity index (χ3n) is 3.10. The van der Waals surface area contributed by atoms with Crippen LogP contribution in [0.25, 0.3) is 11.1 Å². The number of oxazole rings is 1. The predicted octanol–water partition coefficient (Wildman–Crippen LogP) is 4.05. The molecule has 0 amide bonds. The van der Waals surface area contributed by atoms with Gasteiger partial charge in [0.15, 0.2) is 5.58 Å². The molecule has 0 atom stereocenters. The average Bonchev–Trinajstić information content (AvgIpc) is 2.95. The highest BCUT2D eigenvalue weighted by Gasteiger charge is 2.14. The molecule has 3 aromatic rings. The summed E-state index contributed by atoms with van der Waals surface area (Å²) < 4.78 is 23.6. The van der Waals surface area contributed by atoms with Gasteiger partial charge in [0.2, 0.25) is 0 Å². The third kappa shape index (κ3) is 2.96.